The largest absolute Gasteiger partial charge is 0.393 e. The molecule has 0 unspecified atom stereocenters. The van der Waals surface area contributed by atoms with E-state index in [-0.39, 0.29) is 5.75 Å². The van der Waals surface area contributed by atoms with Gasteiger partial charge in [0.1, 0.15) is 0 Å². The summed E-state index contributed by atoms with van der Waals surface area (Å²) in [4.78, 5) is 2.61. The summed E-state index contributed by atoms with van der Waals surface area (Å²) in [6, 6.07) is 0. The summed E-state index contributed by atoms with van der Waals surface area (Å²) in [7, 11) is -3.07. The highest BCUT2D eigenvalue weighted by atomic mass is 32.2. The second-order valence-corrected chi connectivity index (χ2v) is 9.73. The monoisotopic (exact) mass is 308 g/mol. The summed E-state index contributed by atoms with van der Waals surface area (Å²) in [6.45, 7) is 11.6. The van der Waals surface area contributed by atoms with Gasteiger partial charge in [0.15, 0.2) is 9.84 Å². The molecule has 0 aliphatic carbocycles. The Morgan fingerprint density at radius 1 is 1.26 bits per heavy atom. The summed E-state index contributed by atoms with van der Waals surface area (Å²) >= 11 is 4.88. The van der Waals surface area contributed by atoms with Gasteiger partial charge in [-0.05, 0) is 26.7 Å². The van der Waals surface area contributed by atoms with Crippen LogP contribution >= 0.6 is 12.2 Å². The molecule has 0 radical (unpaired) electrons. The molecule has 2 N–H and O–H groups in total. The van der Waals surface area contributed by atoms with Crippen molar-refractivity contribution in [3.63, 3.8) is 0 Å². The van der Waals surface area contributed by atoms with Gasteiger partial charge >= 0.3 is 0 Å². The number of nitrogens with two attached hydrogens (primary N) is 1. The minimum absolute atomic E-state index is 0.181. The molecule has 0 aromatic carbocycles. The lowest BCUT2D eigenvalue weighted by Crippen LogP contribution is -2.39. The van der Waals surface area contributed by atoms with Crippen LogP contribution in [0.1, 0.15) is 41.0 Å². The maximum Gasteiger partial charge on any atom is 0.156 e. The van der Waals surface area contributed by atoms with Crippen LogP contribution in [0, 0.1) is 5.92 Å². The third kappa shape index (κ3) is 7.84. The number of sulfone groups is 1. The van der Waals surface area contributed by atoms with Crippen molar-refractivity contribution in [2.24, 2.45) is 11.7 Å². The van der Waals surface area contributed by atoms with Gasteiger partial charge in [0.2, 0.25) is 0 Å². The van der Waals surface area contributed by atoms with Crippen LogP contribution < -0.4 is 5.73 Å². The first kappa shape index (κ1) is 18.8. The van der Waals surface area contributed by atoms with Crippen molar-refractivity contribution in [2.75, 3.05) is 25.4 Å². The molecule has 0 bridgehead atoms. The smallest absolute Gasteiger partial charge is 0.156 e. The average molecular weight is 309 g/mol. The molecule has 0 fully saturated rings. The Morgan fingerprint density at radius 3 is 2.16 bits per heavy atom. The van der Waals surface area contributed by atoms with Crippen LogP contribution in [0.15, 0.2) is 0 Å². The van der Waals surface area contributed by atoms with Gasteiger partial charge in [-0.25, -0.2) is 8.42 Å². The topological polar surface area (TPSA) is 63.4 Å². The van der Waals surface area contributed by atoms with Crippen molar-refractivity contribution in [1.29, 1.82) is 0 Å². The van der Waals surface area contributed by atoms with E-state index in [4.69, 9.17) is 18.0 Å². The zero-order valence-electron chi connectivity index (χ0n) is 12.8. The second-order valence-electron chi connectivity index (χ2n) is 6.34. The zero-order valence-corrected chi connectivity index (χ0v) is 14.4. The fourth-order valence-electron chi connectivity index (χ4n) is 1.63. The molecular weight excluding hydrogens is 280 g/mol. The van der Waals surface area contributed by atoms with Gasteiger partial charge in [0.25, 0.3) is 0 Å². The molecule has 0 aliphatic rings. The third-order valence-corrected chi connectivity index (χ3v) is 5.70. The lowest BCUT2D eigenvalue weighted by molar-refractivity contribution is 0.264. The van der Waals surface area contributed by atoms with Crippen molar-refractivity contribution in [2.45, 2.75) is 45.8 Å². The molecule has 0 spiro atoms. The van der Waals surface area contributed by atoms with Crippen molar-refractivity contribution in [1.82, 2.24) is 4.90 Å². The fourth-order valence-corrected chi connectivity index (χ4v) is 2.84. The molecule has 19 heavy (non-hydrogen) atoms. The minimum atomic E-state index is -3.07. The summed E-state index contributed by atoms with van der Waals surface area (Å²) in [5, 5.41) is 0. The van der Waals surface area contributed by atoms with Gasteiger partial charge in [0.05, 0.1) is 15.5 Å². The van der Waals surface area contributed by atoms with Crippen molar-refractivity contribution in [3.8, 4) is 0 Å². The molecule has 0 aromatic heterocycles. The Morgan fingerprint density at radius 2 is 1.79 bits per heavy atom. The molecule has 0 atom stereocenters. The van der Waals surface area contributed by atoms with E-state index in [1.165, 1.54) is 0 Å². The predicted molar refractivity (Wildman–Crippen MR) is 86.2 cm³/mol. The third-order valence-electron chi connectivity index (χ3n) is 2.91. The molecule has 0 amide bonds. The van der Waals surface area contributed by atoms with Crippen LogP contribution in [-0.2, 0) is 9.84 Å². The van der Waals surface area contributed by atoms with Crippen LogP contribution in [0.4, 0.5) is 0 Å². The molecule has 0 saturated carbocycles. The summed E-state index contributed by atoms with van der Waals surface area (Å²) in [5.41, 5.74) is 5.51. The maximum absolute atomic E-state index is 12.1. The molecule has 0 saturated heterocycles. The highest BCUT2D eigenvalue weighted by Gasteiger charge is 2.29. The van der Waals surface area contributed by atoms with E-state index in [1.807, 2.05) is 0 Å². The van der Waals surface area contributed by atoms with E-state index < -0.39 is 14.6 Å². The highest BCUT2D eigenvalue weighted by Crippen LogP contribution is 2.16. The van der Waals surface area contributed by atoms with E-state index in [2.05, 4.69) is 18.7 Å². The molecule has 0 aliphatic heterocycles. The summed E-state index contributed by atoms with van der Waals surface area (Å²) in [5.74, 6) is 0.671. The maximum atomic E-state index is 12.1. The quantitative estimate of drug-likeness (QED) is 0.693. The Bertz CT molecular complexity index is 384. The zero-order chi connectivity index (χ0) is 15.3. The predicted octanol–water partition coefficient (Wildman–Crippen LogP) is 1.83. The van der Waals surface area contributed by atoms with Crippen LogP contribution in [0.3, 0.4) is 0 Å². The van der Waals surface area contributed by atoms with Gasteiger partial charge < -0.3 is 10.6 Å². The second kappa shape index (κ2) is 7.55. The lowest BCUT2D eigenvalue weighted by Gasteiger charge is -2.26. The minimum Gasteiger partial charge on any atom is -0.393 e. The number of thiocarbonyl (C=S) groups is 1. The number of hydrogen-bond donors (Lipinski definition) is 1. The SMILES string of the molecule is CC(C)CN(CCC(N)=S)CCS(=O)(=O)C(C)(C)C. The molecule has 0 rings (SSSR count). The van der Waals surface area contributed by atoms with E-state index >= 15 is 0 Å². The fraction of sp³-hybridized carbons (Fsp3) is 0.923. The Balaban J connectivity index is 4.53. The normalized spacial score (nSPS) is 13.2. The molecule has 0 aromatic rings. The van der Waals surface area contributed by atoms with Crippen molar-refractivity contribution in [3.05, 3.63) is 0 Å². The van der Waals surface area contributed by atoms with E-state index in [1.54, 1.807) is 20.8 Å². The average Bonchev–Trinajstić information content (AvgIpc) is 2.19. The van der Waals surface area contributed by atoms with Crippen LogP contribution in [0.25, 0.3) is 0 Å². The van der Waals surface area contributed by atoms with Crippen molar-refractivity contribution < 1.29 is 8.42 Å². The van der Waals surface area contributed by atoms with Gasteiger partial charge in [-0.15, -0.1) is 0 Å². The first-order valence-electron chi connectivity index (χ1n) is 6.68. The first-order valence-corrected chi connectivity index (χ1v) is 8.74. The van der Waals surface area contributed by atoms with Crippen LogP contribution in [-0.4, -0.2) is 48.4 Å². The summed E-state index contributed by atoms with van der Waals surface area (Å²) < 4.78 is 23.5. The Labute approximate surface area is 123 Å². The Kier molecular flexibility index (Phi) is 7.47. The first-order chi connectivity index (χ1) is 8.45. The van der Waals surface area contributed by atoms with Gasteiger partial charge in [0, 0.05) is 26.1 Å². The lowest BCUT2D eigenvalue weighted by atomic mass is 10.2. The van der Waals surface area contributed by atoms with E-state index in [0.29, 0.717) is 23.9 Å². The van der Waals surface area contributed by atoms with Crippen LogP contribution in [0.5, 0.6) is 0 Å². The molecule has 114 valence electrons. The molecule has 0 heterocycles. The molecule has 6 heteroatoms. The van der Waals surface area contributed by atoms with Crippen LogP contribution in [0.2, 0.25) is 0 Å². The standard InChI is InChI=1S/C13H28N2O2S2/c1-11(2)10-15(7-6-12(14)18)8-9-19(16,17)13(3,4)5/h11H,6-10H2,1-5H3,(H2,14,18). The molecular formula is C13H28N2O2S2. The van der Waals surface area contributed by atoms with Gasteiger partial charge in [-0.3, -0.25) is 0 Å². The highest BCUT2D eigenvalue weighted by molar-refractivity contribution is 7.92. The number of hydrogen-bond acceptors (Lipinski definition) is 4. The van der Waals surface area contributed by atoms with E-state index in [0.717, 1.165) is 13.1 Å². The summed E-state index contributed by atoms with van der Waals surface area (Å²) in [6.07, 6.45) is 0.637. The van der Waals surface area contributed by atoms with Gasteiger partial charge in [-0.2, -0.15) is 0 Å². The van der Waals surface area contributed by atoms with E-state index in [9.17, 15) is 8.42 Å². The number of rotatable bonds is 8. The Hall–Kier alpha value is -0.200. The number of nitrogens with zero attached hydrogens (tertiary/aromatic N) is 1. The molecule has 4 nitrogen and oxygen atoms in total. The van der Waals surface area contributed by atoms with Crippen molar-refractivity contribution >= 4 is 27.0 Å². The van der Waals surface area contributed by atoms with Gasteiger partial charge in [-0.1, -0.05) is 26.1 Å².